The average Bonchev–Trinajstić information content (AvgIpc) is 2.62. The summed E-state index contributed by atoms with van der Waals surface area (Å²) < 4.78 is 32.9. The largest absolute Gasteiger partial charge is 0.437 e. The Bertz CT molecular complexity index is 608. The molecule has 1 aromatic carbocycles. The third-order valence-corrected chi connectivity index (χ3v) is 2.71. The van der Waals surface area contributed by atoms with E-state index in [1.807, 2.05) is 13.8 Å². The topological polar surface area (TPSA) is 53.1 Å². The number of hydrogen-bond acceptors (Lipinski definition) is 3. The fourth-order valence-corrected chi connectivity index (χ4v) is 1.74. The second kappa shape index (κ2) is 4.87. The number of nitrogens with zero attached hydrogens (tertiary/aromatic N) is 2. The number of nitrogen functional groups attached to an aromatic ring is 1. The minimum atomic E-state index is -0.970. The Kier molecular flexibility index (Phi) is 3.42. The lowest BCUT2D eigenvalue weighted by Gasteiger charge is -2.07. The van der Waals surface area contributed by atoms with Gasteiger partial charge in [0, 0.05) is 13.1 Å². The first-order valence-electron chi connectivity index (χ1n) is 5.85. The van der Waals surface area contributed by atoms with Crippen LogP contribution in [0.4, 0.5) is 14.5 Å². The van der Waals surface area contributed by atoms with Crippen molar-refractivity contribution < 1.29 is 13.5 Å². The number of hydrogen-bond donors (Lipinski definition) is 1. The van der Waals surface area contributed by atoms with Gasteiger partial charge in [0.25, 0.3) is 0 Å². The summed E-state index contributed by atoms with van der Waals surface area (Å²) in [5.41, 5.74) is 7.06. The van der Waals surface area contributed by atoms with Crippen LogP contribution in [0.15, 0.2) is 18.2 Å². The molecule has 0 aliphatic heterocycles. The number of aryl methyl sites for hydroxylation is 1. The molecule has 102 valence electrons. The predicted octanol–water partition coefficient (Wildman–Crippen LogP) is 3.20. The van der Waals surface area contributed by atoms with Crippen molar-refractivity contribution in [2.75, 3.05) is 5.73 Å². The highest BCUT2D eigenvalue weighted by Gasteiger charge is 2.18. The standard InChI is InChI=1S/C13H15F2N3O/c1-7(2)12-11(16)13(18(3)17-12)19-8-4-5-9(14)10(15)6-8/h4-7H,16H2,1-3H3. The van der Waals surface area contributed by atoms with Crippen LogP contribution in [0.5, 0.6) is 11.6 Å². The minimum absolute atomic E-state index is 0.147. The lowest BCUT2D eigenvalue weighted by Crippen LogP contribution is -1.97. The first-order valence-corrected chi connectivity index (χ1v) is 5.85. The van der Waals surface area contributed by atoms with Gasteiger partial charge in [-0.25, -0.2) is 13.5 Å². The van der Waals surface area contributed by atoms with Crippen LogP contribution < -0.4 is 10.5 Å². The molecule has 1 heterocycles. The van der Waals surface area contributed by atoms with Gasteiger partial charge in [0.1, 0.15) is 11.4 Å². The minimum Gasteiger partial charge on any atom is -0.437 e. The van der Waals surface area contributed by atoms with Crippen LogP contribution >= 0.6 is 0 Å². The van der Waals surface area contributed by atoms with Gasteiger partial charge in [-0.05, 0) is 18.1 Å². The molecule has 0 unspecified atom stereocenters. The van der Waals surface area contributed by atoms with E-state index in [-0.39, 0.29) is 11.7 Å². The predicted molar refractivity (Wildman–Crippen MR) is 68.1 cm³/mol. The summed E-state index contributed by atoms with van der Waals surface area (Å²) in [6.45, 7) is 3.92. The number of halogens is 2. The molecule has 0 aliphatic carbocycles. The second-order valence-electron chi connectivity index (χ2n) is 4.56. The van der Waals surface area contributed by atoms with Crippen LogP contribution in [-0.4, -0.2) is 9.78 Å². The molecule has 2 aromatic rings. The summed E-state index contributed by atoms with van der Waals surface area (Å²) in [5.74, 6) is -1.26. The van der Waals surface area contributed by atoms with E-state index in [0.717, 1.165) is 12.1 Å². The highest BCUT2D eigenvalue weighted by Crippen LogP contribution is 2.33. The van der Waals surface area contributed by atoms with E-state index in [2.05, 4.69) is 5.10 Å². The monoisotopic (exact) mass is 267 g/mol. The van der Waals surface area contributed by atoms with Gasteiger partial charge in [0.15, 0.2) is 11.6 Å². The van der Waals surface area contributed by atoms with Gasteiger partial charge in [-0.3, -0.25) is 0 Å². The van der Waals surface area contributed by atoms with Crippen molar-refractivity contribution in [3.05, 3.63) is 35.5 Å². The molecule has 0 saturated heterocycles. The van der Waals surface area contributed by atoms with Gasteiger partial charge in [-0.2, -0.15) is 5.10 Å². The van der Waals surface area contributed by atoms with Gasteiger partial charge in [0.05, 0.1) is 5.69 Å². The molecule has 6 heteroatoms. The summed E-state index contributed by atoms with van der Waals surface area (Å²) in [4.78, 5) is 0. The number of aromatic nitrogens is 2. The van der Waals surface area contributed by atoms with Gasteiger partial charge in [-0.1, -0.05) is 13.8 Å². The SMILES string of the molecule is CC(C)c1nn(C)c(Oc2ccc(F)c(F)c2)c1N. The maximum absolute atomic E-state index is 13.1. The summed E-state index contributed by atoms with van der Waals surface area (Å²) in [7, 11) is 1.68. The maximum Gasteiger partial charge on any atom is 0.241 e. The summed E-state index contributed by atoms with van der Waals surface area (Å²) in [5, 5.41) is 4.24. The van der Waals surface area contributed by atoms with Crippen LogP contribution in [0.25, 0.3) is 0 Å². The molecule has 0 spiro atoms. The van der Waals surface area contributed by atoms with E-state index in [4.69, 9.17) is 10.5 Å². The summed E-state index contributed by atoms with van der Waals surface area (Å²) in [6, 6.07) is 3.30. The molecular weight excluding hydrogens is 252 g/mol. The molecule has 19 heavy (non-hydrogen) atoms. The number of nitrogens with two attached hydrogens (primary N) is 1. The zero-order valence-electron chi connectivity index (χ0n) is 10.9. The summed E-state index contributed by atoms with van der Waals surface area (Å²) >= 11 is 0. The zero-order valence-corrected chi connectivity index (χ0v) is 10.9. The van der Waals surface area contributed by atoms with Gasteiger partial charge in [0.2, 0.25) is 5.88 Å². The number of anilines is 1. The van der Waals surface area contributed by atoms with E-state index in [9.17, 15) is 8.78 Å². The molecule has 0 saturated carbocycles. The summed E-state index contributed by atoms with van der Waals surface area (Å²) in [6.07, 6.45) is 0. The second-order valence-corrected chi connectivity index (χ2v) is 4.56. The smallest absolute Gasteiger partial charge is 0.241 e. The highest BCUT2D eigenvalue weighted by molar-refractivity contribution is 5.55. The first kappa shape index (κ1) is 13.3. The van der Waals surface area contributed by atoms with Crippen molar-refractivity contribution in [2.24, 2.45) is 7.05 Å². The third-order valence-electron chi connectivity index (χ3n) is 2.71. The van der Waals surface area contributed by atoms with E-state index < -0.39 is 11.6 Å². The van der Waals surface area contributed by atoms with E-state index in [1.54, 1.807) is 7.05 Å². The normalized spacial score (nSPS) is 11.1. The molecule has 0 atom stereocenters. The molecule has 2 rings (SSSR count). The van der Waals surface area contributed by atoms with E-state index in [0.29, 0.717) is 17.3 Å². The van der Waals surface area contributed by atoms with E-state index in [1.165, 1.54) is 10.7 Å². The molecule has 0 aliphatic rings. The van der Waals surface area contributed by atoms with Crippen LogP contribution in [0.2, 0.25) is 0 Å². The lowest BCUT2D eigenvalue weighted by atomic mass is 10.1. The quantitative estimate of drug-likeness (QED) is 0.929. The Balaban J connectivity index is 2.35. The van der Waals surface area contributed by atoms with Crippen molar-refractivity contribution in [2.45, 2.75) is 19.8 Å². The molecule has 1 aromatic heterocycles. The van der Waals surface area contributed by atoms with Gasteiger partial charge < -0.3 is 10.5 Å². The maximum atomic E-state index is 13.1. The average molecular weight is 267 g/mol. The van der Waals surface area contributed by atoms with Crippen LogP contribution in [-0.2, 0) is 7.05 Å². The fourth-order valence-electron chi connectivity index (χ4n) is 1.74. The van der Waals surface area contributed by atoms with Crippen molar-refractivity contribution >= 4 is 5.69 Å². The molecule has 2 N–H and O–H groups in total. The molecular formula is C13H15F2N3O. The molecule has 4 nitrogen and oxygen atoms in total. The Morgan fingerprint density at radius 1 is 1.26 bits per heavy atom. The Morgan fingerprint density at radius 2 is 1.95 bits per heavy atom. The van der Waals surface area contributed by atoms with Crippen LogP contribution in [0, 0.1) is 11.6 Å². The molecule has 0 amide bonds. The Hall–Kier alpha value is -2.11. The van der Waals surface area contributed by atoms with E-state index >= 15 is 0 Å². The molecule has 0 radical (unpaired) electrons. The van der Waals surface area contributed by atoms with Crippen molar-refractivity contribution in [3.63, 3.8) is 0 Å². The number of ether oxygens (including phenoxy) is 1. The van der Waals surface area contributed by atoms with Crippen LogP contribution in [0.1, 0.15) is 25.5 Å². The highest BCUT2D eigenvalue weighted by atomic mass is 19.2. The number of rotatable bonds is 3. The lowest BCUT2D eigenvalue weighted by molar-refractivity contribution is 0.423. The fraction of sp³-hybridized carbons (Fsp3) is 0.308. The van der Waals surface area contributed by atoms with Gasteiger partial charge >= 0.3 is 0 Å². The molecule has 0 bridgehead atoms. The first-order chi connectivity index (χ1) is 8.90. The zero-order chi connectivity index (χ0) is 14.2. The number of benzene rings is 1. The third kappa shape index (κ3) is 2.52. The van der Waals surface area contributed by atoms with Crippen molar-refractivity contribution in [1.29, 1.82) is 0 Å². The van der Waals surface area contributed by atoms with Crippen molar-refractivity contribution in [3.8, 4) is 11.6 Å². The van der Waals surface area contributed by atoms with Crippen molar-refractivity contribution in [1.82, 2.24) is 9.78 Å². The molecule has 0 fully saturated rings. The Morgan fingerprint density at radius 3 is 2.47 bits per heavy atom. The Labute approximate surface area is 109 Å². The van der Waals surface area contributed by atoms with Crippen LogP contribution in [0.3, 0.4) is 0 Å². The van der Waals surface area contributed by atoms with Gasteiger partial charge in [-0.15, -0.1) is 0 Å².